The van der Waals surface area contributed by atoms with Crippen molar-refractivity contribution in [2.75, 3.05) is 6.61 Å². The van der Waals surface area contributed by atoms with Gasteiger partial charge in [-0.2, -0.15) is 0 Å². The standard InChI is InChI=1S/C8H15NO2/c1-4-7(5-10)9-8(11)6(2)3/h4,6-7,10H,1,5H2,2-3H3,(H,9,11). The van der Waals surface area contributed by atoms with Crippen molar-refractivity contribution in [1.29, 1.82) is 0 Å². The Labute approximate surface area is 67.1 Å². The number of aliphatic hydroxyl groups is 1. The third-order valence-corrected chi connectivity index (χ3v) is 1.33. The van der Waals surface area contributed by atoms with E-state index in [1.54, 1.807) is 13.8 Å². The molecule has 1 atom stereocenters. The second-order valence-electron chi connectivity index (χ2n) is 2.69. The maximum absolute atomic E-state index is 11.0. The lowest BCUT2D eigenvalue weighted by Crippen LogP contribution is -2.38. The summed E-state index contributed by atoms with van der Waals surface area (Å²) in [6.07, 6.45) is 1.51. The number of rotatable bonds is 4. The van der Waals surface area contributed by atoms with Crippen LogP contribution >= 0.6 is 0 Å². The maximum atomic E-state index is 11.0. The molecule has 3 heteroatoms. The zero-order valence-electron chi connectivity index (χ0n) is 7.00. The van der Waals surface area contributed by atoms with Crippen LogP contribution in [0.2, 0.25) is 0 Å². The van der Waals surface area contributed by atoms with Gasteiger partial charge in [-0.25, -0.2) is 0 Å². The first-order valence-electron chi connectivity index (χ1n) is 3.65. The van der Waals surface area contributed by atoms with Gasteiger partial charge in [-0.1, -0.05) is 19.9 Å². The van der Waals surface area contributed by atoms with E-state index in [1.807, 2.05) is 0 Å². The summed E-state index contributed by atoms with van der Waals surface area (Å²) in [6.45, 7) is 6.97. The molecule has 0 radical (unpaired) electrons. The molecule has 0 saturated heterocycles. The van der Waals surface area contributed by atoms with E-state index >= 15 is 0 Å². The highest BCUT2D eigenvalue weighted by Crippen LogP contribution is 1.92. The molecular formula is C8H15NO2. The number of carbonyl (C=O) groups is 1. The monoisotopic (exact) mass is 157 g/mol. The van der Waals surface area contributed by atoms with Crippen LogP contribution in [0, 0.1) is 5.92 Å². The van der Waals surface area contributed by atoms with Crippen LogP contribution in [0.1, 0.15) is 13.8 Å². The summed E-state index contributed by atoms with van der Waals surface area (Å²) in [5, 5.41) is 11.3. The summed E-state index contributed by atoms with van der Waals surface area (Å²) < 4.78 is 0. The van der Waals surface area contributed by atoms with Crippen LogP contribution in [0.3, 0.4) is 0 Å². The molecule has 1 unspecified atom stereocenters. The van der Waals surface area contributed by atoms with Gasteiger partial charge >= 0.3 is 0 Å². The summed E-state index contributed by atoms with van der Waals surface area (Å²) in [7, 11) is 0. The predicted molar refractivity (Wildman–Crippen MR) is 44.1 cm³/mol. The molecule has 0 aliphatic rings. The van der Waals surface area contributed by atoms with Gasteiger partial charge in [-0.3, -0.25) is 4.79 Å². The van der Waals surface area contributed by atoms with Gasteiger partial charge in [0, 0.05) is 5.92 Å². The Hall–Kier alpha value is -0.830. The molecular weight excluding hydrogens is 142 g/mol. The van der Waals surface area contributed by atoms with Crippen LogP contribution in [-0.4, -0.2) is 23.7 Å². The van der Waals surface area contributed by atoms with Crippen molar-refractivity contribution < 1.29 is 9.90 Å². The molecule has 2 N–H and O–H groups in total. The largest absolute Gasteiger partial charge is 0.394 e. The number of hydrogen-bond acceptors (Lipinski definition) is 2. The van der Waals surface area contributed by atoms with Crippen molar-refractivity contribution >= 4 is 5.91 Å². The van der Waals surface area contributed by atoms with E-state index in [4.69, 9.17) is 5.11 Å². The fourth-order valence-electron chi connectivity index (χ4n) is 0.528. The van der Waals surface area contributed by atoms with E-state index in [0.717, 1.165) is 0 Å². The average molecular weight is 157 g/mol. The highest BCUT2D eigenvalue weighted by Gasteiger charge is 2.10. The number of carbonyl (C=O) groups excluding carboxylic acids is 1. The first-order valence-corrected chi connectivity index (χ1v) is 3.65. The molecule has 0 aromatic heterocycles. The minimum atomic E-state index is -0.315. The Morgan fingerprint density at radius 2 is 2.27 bits per heavy atom. The summed E-state index contributed by atoms with van der Waals surface area (Å²) >= 11 is 0. The number of hydrogen-bond donors (Lipinski definition) is 2. The van der Waals surface area contributed by atoms with Gasteiger partial charge in [-0.05, 0) is 0 Å². The van der Waals surface area contributed by atoms with E-state index in [0.29, 0.717) is 0 Å². The van der Waals surface area contributed by atoms with Crippen molar-refractivity contribution in [2.24, 2.45) is 5.92 Å². The molecule has 0 aliphatic carbocycles. The van der Waals surface area contributed by atoms with E-state index < -0.39 is 0 Å². The van der Waals surface area contributed by atoms with Gasteiger partial charge < -0.3 is 10.4 Å². The van der Waals surface area contributed by atoms with Crippen molar-refractivity contribution in [2.45, 2.75) is 19.9 Å². The topological polar surface area (TPSA) is 49.3 Å². The van der Waals surface area contributed by atoms with E-state index in [2.05, 4.69) is 11.9 Å². The molecule has 0 heterocycles. The first kappa shape index (κ1) is 10.2. The van der Waals surface area contributed by atoms with Crippen LogP contribution < -0.4 is 5.32 Å². The molecule has 0 bridgehead atoms. The lowest BCUT2D eigenvalue weighted by molar-refractivity contribution is -0.124. The molecule has 0 saturated carbocycles. The number of aliphatic hydroxyl groups excluding tert-OH is 1. The van der Waals surface area contributed by atoms with E-state index in [9.17, 15) is 4.79 Å². The second kappa shape index (κ2) is 4.91. The minimum absolute atomic E-state index is 0.0519. The van der Waals surface area contributed by atoms with Gasteiger partial charge in [0.05, 0.1) is 12.6 Å². The fraction of sp³-hybridized carbons (Fsp3) is 0.625. The van der Waals surface area contributed by atoms with Crippen molar-refractivity contribution in [3.63, 3.8) is 0 Å². The molecule has 64 valence electrons. The molecule has 0 spiro atoms. The lowest BCUT2D eigenvalue weighted by Gasteiger charge is -2.13. The van der Waals surface area contributed by atoms with Crippen molar-refractivity contribution in [3.8, 4) is 0 Å². The zero-order chi connectivity index (χ0) is 8.85. The quantitative estimate of drug-likeness (QED) is 0.577. The van der Waals surface area contributed by atoms with Crippen LogP contribution in [0.4, 0.5) is 0 Å². The SMILES string of the molecule is C=CC(CO)NC(=O)C(C)C. The summed E-state index contributed by atoms with van der Waals surface area (Å²) in [5.41, 5.74) is 0. The van der Waals surface area contributed by atoms with Crippen LogP contribution in [-0.2, 0) is 4.79 Å². The van der Waals surface area contributed by atoms with Gasteiger partial charge in [0.2, 0.25) is 5.91 Å². The minimum Gasteiger partial charge on any atom is -0.394 e. The van der Waals surface area contributed by atoms with E-state index in [1.165, 1.54) is 6.08 Å². The highest BCUT2D eigenvalue weighted by molar-refractivity contribution is 5.78. The summed E-state index contributed by atoms with van der Waals surface area (Å²) in [4.78, 5) is 11.0. The zero-order valence-corrected chi connectivity index (χ0v) is 7.00. The smallest absolute Gasteiger partial charge is 0.223 e. The van der Waals surface area contributed by atoms with Crippen molar-refractivity contribution in [3.05, 3.63) is 12.7 Å². The Balaban J connectivity index is 3.81. The third kappa shape index (κ3) is 3.78. The molecule has 0 aromatic rings. The Bertz CT molecular complexity index is 143. The first-order chi connectivity index (χ1) is 5.11. The molecule has 0 rings (SSSR count). The average Bonchev–Trinajstić information content (AvgIpc) is 1.99. The number of nitrogens with one attached hydrogen (secondary N) is 1. The van der Waals surface area contributed by atoms with Crippen LogP contribution in [0.15, 0.2) is 12.7 Å². The van der Waals surface area contributed by atoms with Gasteiger partial charge in [0.15, 0.2) is 0 Å². The van der Waals surface area contributed by atoms with Crippen LogP contribution in [0.5, 0.6) is 0 Å². The Kier molecular flexibility index (Phi) is 4.54. The van der Waals surface area contributed by atoms with Gasteiger partial charge in [0.25, 0.3) is 0 Å². The molecule has 0 aromatic carbocycles. The Morgan fingerprint density at radius 3 is 2.55 bits per heavy atom. The highest BCUT2D eigenvalue weighted by atomic mass is 16.3. The van der Waals surface area contributed by atoms with Crippen molar-refractivity contribution in [1.82, 2.24) is 5.32 Å². The molecule has 0 fully saturated rings. The lowest BCUT2D eigenvalue weighted by atomic mass is 10.2. The molecule has 0 aliphatic heterocycles. The molecule has 3 nitrogen and oxygen atoms in total. The van der Waals surface area contributed by atoms with Gasteiger partial charge in [0.1, 0.15) is 0 Å². The summed E-state index contributed by atoms with van der Waals surface area (Å²) in [5.74, 6) is -0.118. The van der Waals surface area contributed by atoms with Crippen LogP contribution in [0.25, 0.3) is 0 Å². The maximum Gasteiger partial charge on any atom is 0.223 e. The fourth-order valence-corrected chi connectivity index (χ4v) is 0.528. The third-order valence-electron chi connectivity index (χ3n) is 1.33. The summed E-state index contributed by atoms with van der Waals surface area (Å²) in [6, 6.07) is -0.315. The Morgan fingerprint density at radius 1 is 1.73 bits per heavy atom. The molecule has 11 heavy (non-hydrogen) atoms. The molecule has 1 amide bonds. The van der Waals surface area contributed by atoms with E-state index in [-0.39, 0.29) is 24.5 Å². The number of amides is 1. The predicted octanol–water partition coefficient (Wildman–Crippen LogP) is 0.305. The second-order valence-corrected chi connectivity index (χ2v) is 2.69. The van der Waals surface area contributed by atoms with Gasteiger partial charge in [-0.15, -0.1) is 6.58 Å². The normalized spacial score (nSPS) is 12.7.